The second-order valence-corrected chi connectivity index (χ2v) is 13.7. The third-order valence-electron chi connectivity index (χ3n) is 10.5. The maximum atomic E-state index is 6.74. The van der Waals surface area contributed by atoms with Crippen LogP contribution in [0.2, 0.25) is 0 Å². The fourth-order valence-corrected chi connectivity index (χ4v) is 7.85. The number of rotatable bonds is 7. The number of para-hydroxylation sites is 3. The van der Waals surface area contributed by atoms with Gasteiger partial charge in [0.1, 0.15) is 11.2 Å². The van der Waals surface area contributed by atoms with Gasteiger partial charge in [-0.2, -0.15) is 0 Å². The molecule has 10 aromatic rings. The second-order valence-electron chi connectivity index (χ2n) is 13.7. The third kappa shape index (κ3) is 5.62. The molecule has 0 fully saturated rings. The van der Waals surface area contributed by atoms with Crippen LogP contribution in [0.25, 0.3) is 77.2 Å². The van der Waals surface area contributed by atoms with Crippen molar-refractivity contribution in [1.82, 2.24) is 0 Å². The van der Waals surface area contributed by atoms with Crippen LogP contribution in [0.5, 0.6) is 0 Å². The lowest BCUT2D eigenvalue weighted by Crippen LogP contribution is -2.09. The van der Waals surface area contributed by atoms with Gasteiger partial charge >= 0.3 is 0 Å². The van der Waals surface area contributed by atoms with Crippen LogP contribution in [0.15, 0.2) is 217 Å². The minimum Gasteiger partial charge on any atom is -0.455 e. The van der Waals surface area contributed by atoms with Crippen molar-refractivity contribution in [2.45, 2.75) is 0 Å². The zero-order chi connectivity index (χ0) is 35.8. The van der Waals surface area contributed by atoms with Gasteiger partial charge in [-0.1, -0.05) is 170 Å². The van der Waals surface area contributed by atoms with Gasteiger partial charge in [0, 0.05) is 39.0 Å². The van der Waals surface area contributed by atoms with E-state index in [4.69, 9.17) is 4.42 Å². The van der Waals surface area contributed by atoms with E-state index in [0.717, 1.165) is 72.4 Å². The zero-order valence-electron chi connectivity index (χ0n) is 29.6. The fourth-order valence-electron chi connectivity index (χ4n) is 7.85. The number of fused-ring (bicyclic) bond motifs is 4. The Morgan fingerprint density at radius 1 is 0.278 bits per heavy atom. The van der Waals surface area contributed by atoms with Gasteiger partial charge in [-0.05, 0) is 86.6 Å². The van der Waals surface area contributed by atoms with Crippen molar-refractivity contribution in [3.05, 3.63) is 212 Å². The maximum Gasteiger partial charge on any atom is 0.143 e. The Morgan fingerprint density at radius 2 is 0.722 bits per heavy atom. The Kier molecular flexibility index (Phi) is 7.85. The predicted molar refractivity (Wildman–Crippen MR) is 228 cm³/mol. The number of hydrogen-bond donors (Lipinski definition) is 0. The normalized spacial score (nSPS) is 11.3. The van der Waals surface area contributed by atoms with Gasteiger partial charge in [0.25, 0.3) is 0 Å². The molecule has 0 atom stereocenters. The lowest BCUT2D eigenvalue weighted by atomic mass is 9.97. The van der Waals surface area contributed by atoms with E-state index in [2.05, 4.69) is 211 Å². The first-order valence-electron chi connectivity index (χ1n) is 18.4. The summed E-state index contributed by atoms with van der Waals surface area (Å²) in [6, 6.07) is 75.6. The van der Waals surface area contributed by atoms with Crippen molar-refractivity contribution in [3.8, 4) is 44.5 Å². The number of benzene rings is 9. The molecule has 0 aliphatic heterocycles. The topological polar surface area (TPSA) is 16.4 Å². The quantitative estimate of drug-likeness (QED) is 0.166. The van der Waals surface area contributed by atoms with E-state index in [-0.39, 0.29) is 0 Å². The lowest BCUT2D eigenvalue weighted by Gasteiger charge is -2.26. The first kappa shape index (κ1) is 31.6. The predicted octanol–water partition coefficient (Wildman–Crippen LogP) is 14.9. The molecule has 54 heavy (non-hydrogen) atoms. The molecule has 254 valence electrons. The molecular formula is C52H35NO. The molecule has 1 aromatic heterocycles. The van der Waals surface area contributed by atoms with Crippen molar-refractivity contribution in [2.75, 3.05) is 4.90 Å². The summed E-state index contributed by atoms with van der Waals surface area (Å²) in [6.45, 7) is 0. The molecule has 2 heteroatoms. The summed E-state index contributed by atoms with van der Waals surface area (Å²) in [7, 11) is 0. The Bertz CT molecular complexity index is 2900. The zero-order valence-corrected chi connectivity index (χ0v) is 29.6. The number of anilines is 3. The monoisotopic (exact) mass is 689 g/mol. The number of nitrogens with zero attached hydrogens (tertiary/aromatic N) is 1. The Morgan fingerprint density at radius 3 is 1.43 bits per heavy atom. The number of furan rings is 1. The molecule has 0 aliphatic rings. The minimum atomic E-state index is 0.911. The molecule has 0 amide bonds. The minimum absolute atomic E-state index is 0.911. The maximum absolute atomic E-state index is 6.74. The van der Waals surface area contributed by atoms with Crippen molar-refractivity contribution < 1.29 is 4.42 Å². The SMILES string of the molecule is c1ccc(-c2cccc3c2oc2c(-c4cccc(-c5ccc(N(c6ccccc6)c6ccc(-c7cccc8ccccc78)cc6)cc5)c4)cccc23)cc1. The Hall–Kier alpha value is -7.16. The van der Waals surface area contributed by atoms with E-state index in [1.165, 1.54) is 21.9 Å². The van der Waals surface area contributed by atoms with Gasteiger partial charge in [-0.25, -0.2) is 0 Å². The summed E-state index contributed by atoms with van der Waals surface area (Å²) in [5, 5.41) is 4.77. The van der Waals surface area contributed by atoms with Crippen LogP contribution in [0.1, 0.15) is 0 Å². The van der Waals surface area contributed by atoms with Gasteiger partial charge < -0.3 is 9.32 Å². The first-order chi connectivity index (χ1) is 26.8. The summed E-state index contributed by atoms with van der Waals surface area (Å²) >= 11 is 0. The van der Waals surface area contributed by atoms with Crippen molar-refractivity contribution >= 4 is 49.8 Å². The van der Waals surface area contributed by atoms with Crippen molar-refractivity contribution in [2.24, 2.45) is 0 Å². The molecule has 10 rings (SSSR count). The van der Waals surface area contributed by atoms with Gasteiger partial charge in [-0.3, -0.25) is 0 Å². The first-order valence-corrected chi connectivity index (χ1v) is 18.4. The lowest BCUT2D eigenvalue weighted by molar-refractivity contribution is 0.671. The Balaban J connectivity index is 0.994. The average molecular weight is 690 g/mol. The highest BCUT2D eigenvalue weighted by atomic mass is 16.3. The van der Waals surface area contributed by atoms with Crippen LogP contribution in [-0.2, 0) is 0 Å². The molecular weight excluding hydrogens is 655 g/mol. The molecule has 0 radical (unpaired) electrons. The molecule has 2 nitrogen and oxygen atoms in total. The smallest absolute Gasteiger partial charge is 0.143 e. The van der Waals surface area contributed by atoms with E-state index < -0.39 is 0 Å². The van der Waals surface area contributed by atoms with Crippen LogP contribution >= 0.6 is 0 Å². The molecule has 1 heterocycles. The molecule has 0 saturated carbocycles. The molecule has 9 aromatic carbocycles. The van der Waals surface area contributed by atoms with Crippen LogP contribution < -0.4 is 4.90 Å². The van der Waals surface area contributed by atoms with E-state index in [0.29, 0.717) is 0 Å². The van der Waals surface area contributed by atoms with Crippen molar-refractivity contribution in [1.29, 1.82) is 0 Å². The molecule has 0 bridgehead atoms. The van der Waals surface area contributed by atoms with E-state index in [1.54, 1.807) is 0 Å². The number of hydrogen-bond acceptors (Lipinski definition) is 2. The summed E-state index contributed by atoms with van der Waals surface area (Å²) in [5.41, 5.74) is 14.4. The summed E-state index contributed by atoms with van der Waals surface area (Å²) in [5.74, 6) is 0. The summed E-state index contributed by atoms with van der Waals surface area (Å²) in [4.78, 5) is 2.32. The van der Waals surface area contributed by atoms with Gasteiger partial charge in [0.2, 0.25) is 0 Å². The van der Waals surface area contributed by atoms with Crippen LogP contribution in [0, 0.1) is 0 Å². The molecule has 0 saturated heterocycles. The van der Waals surface area contributed by atoms with E-state index in [9.17, 15) is 0 Å². The fraction of sp³-hybridized carbons (Fsp3) is 0. The summed E-state index contributed by atoms with van der Waals surface area (Å²) in [6.07, 6.45) is 0. The largest absolute Gasteiger partial charge is 0.455 e. The van der Waals surface area contributed by atoms with Crippen LogP contribution in [-0.4, -0.2) is 0 Å². The highest BCUT2D eigenvalue weighted by Gasteiger charge is 2.17. The third-order valence-corrected chi connectivity index (χ3v) is 10.5. The average Bonchev–Trinajstić information content (AvgIpc) is 3.64. The van der Waals surface area contributed by atoms with Gasteiger partial charge in [0.05, 0.1) is 0 Å². The molecule has 0 spiro atoms. The Labute approximate surface area is 314 Å². The van der Waals surface area contributed by atoms with Crippen LogP contribution in [0.4, 0.5) is 17.1 Å². The van der Waals surface area contributed by atoms with E-state index in [1.807, 2.05) is 6.07 Å². The van der Waals surface area contributed by atoms with Gasteiger partial charge in [-0.15, -0.1) is 0 Å². The molecule has 0 unspecified atom stereocenters. The standard InChI is InChI=1S/C52H35NO/c1-3-13-38(14-4-1)47-23-11-25-49-50-26-12-24-48(52(50)54-51(47)49)41-18-9-17-40(35-41)36-27-31-43(32-28-36)53(42-19-5-2-6-20-42)44-33-29-39(30-34-44)46-22-10-16-37-15-7-8-21-45(37)46/h1-35H. The van der Waals surface area contributed by atoms with Gasteiger partial charge in [0.15, 0.2) is 0 Å². The highest BCUT2D eigenvalue weighted by molar-refractivity contribution is 6.13. The summed E-state index contributed by atoms with van der Waals surface area (Å²) < 4.78 is 6.74. The molecule has 0 N–H and O–H groups in total. The van der Waals surface area contributed by atoms with E-state index >= 15 is 0 Å². The highest BCUT2D eigenvalue weighted by Crippen LogP contribution is 2.41. The van der Waals surface area contributed by atoms with Crippen molar-refractivity contribution in [3.63, 3.8) is 0 Å². The molecule has 0 aliphatic carbocycles. The second kappa shape index (κ2) is 13.4. The van der Waals surface area contributed by atoms with Crippen LogP contribution in [0.3, 0.4) is 0 Å².